The summed E-state index contributed by atoms with van der Waals surface area (Å²) in [5.74, 6) is 1.02. The van der Waals surface area contributed by atoms with Crippen LogP contribution in [0.1, 0.15) is 30.9 Å². The molecule has 0 bridgehead atoms. The fourth-order valence-electron chi connectivity index (χ4n) is 2.71. The Morgan fingerprint density at radius 3 is 2.42 bits per heavy atom. The van der Waals surface area contributed by atoms with E-state index in [9.17, 15) is 4.79 Å². The van der Waals surface area contributed by atoms with E-state index in [0.29, 0.717) is 24.7 Å². The molecular weight excluding hydrogens is 326 g/mol. The van der Waals surface area contributed by atoms with Crippen molar-refractivity contribution in [1.82, 2.24) is 15.0 Å². The minimum absolute atomic E-state index is 0.0417. The third kappa shape index (κ3) is 4.36. The quantitative estimate of drug-likeness (QED) is 0.674. The van der Waals surface area contributed by atoms with Gasteiger partial charge in [-0.15, -0.1) is 0 Å². The zero-order valence-corrected chi connectivity index (χ0v) is 15.3. The van der Waals surface area contributed by atoms with Crippen LogP contribution in [0.2, 0.25) is 0 Å². The highest BCUT2D eigenvalue weighted by atomic mass is 16.5. The van der Waals surface area contributed by atoms with Crippen LogP contribution in [0.5, 0.6) is 0 Å². The summed E-state index contributed by atoms with van der Waals surface area (Å²) in [6, 6.07) is 17.7. The molecule has 0 N–H and O–H groups in total. The summed E-state index contributed by atoms with van der Waals surface area (Å²) in [6.07, 6.45) is 0.359. The number of benzene rings is 2. The number of rotatable bonds is 6. The summed E-state index contributed by atoms with van der Waals surface area (Å²) in [7, 11) is 0. The molecule has 0 saturated carbocycles. The van der Waals surface area contributed by atoms with E-state index in [4.69, 9.17) is 4.52 Å². The number of nitrogens with zero attached hydrogens (tertiary/aromatic N) is 3. The molecule has 1 aromatic heterocycles. The summed E-state index contributed by atoms with van der Waals surface area (Å²) in [5, 5.41) is 4.03. The minimum Gasteiger partial charge on any atom is -0.337 e. The molecule has 0 aliphatic rings. The van der Waals surface area contributed by atoms with E-state index in [0.717, 1.165) is 11.1 Å². The molecule has 0 spiro atoms. The van der Waals surface area contributed by atoms with E-state index in [1.165, 1.54) is 5.56 Å². The van der Waals surface area contributed by atoms with Crippen LogP contribution in [0.25, 0.3) is 11.4 Å². The molecule has 0 fully saturated rings. The van der Waals surface area contributed by atoms with Crippen LogP contribution in [0.4, 0.5) is 0 Å². The predicted octanol–water partition coefficient (Wildman–Crippen LogP) is 4.02. The van der Waals surface area contributed by atoms with Gasteiger partial charge in [0.2, 0.25) is 17.6 Å². The second-order valence-electron chi connectivity index (χ2n) is 6.66. The van der Waals surface area contributed by atoms with Crippen LogP contribution in [-0.4, -0.2) is 27.0 Å². The van der Waals surface area contributed by atoms with Crippen molar-refractivity contribution in [2.24, 2.45) is 0 Å². The smallest absolute Gasteiger partial charge is 0.246 e. The Morgan fingerprint density at radius 1 is 1.08 bits per heavy atom. The van der Waals surface area contributed by atoms with E-state index in [1.807, 2.05) is 75.4 Å². The van der Waals surface area contributed by atoms with Crippen molar-refractivity contribution in [3.05, 3.63) is 71.6 Å². The molecule has 0 unspecified atom stereocenters. The second kappa shape index (κ2) is 7.95. The number of carbonyl (C=O) groups is 1. The van der Waals surface area contributed by atoms with Gasteiger partial charge in [0.25, 0.3) is 0 Å². The fourth-order valence-corrected chi connectivity index (χ4v) is 2.71. The zero-order valence-electron chi connectivity index (χ0n) is 15.3. The van der Waals surface area contributed by atoms with Crippen molar-refractivity contribution in [2.75, 3.05) is 0 Å². The highest BCUT2D eigenvalue weighted by Crippen LogP contribution is 2.17. The molecular formula is C21H23N3O2. The Bertz CT molecular complexity index is 854. The number of aromatic nitrogens is 2. The van der Waals surface area contributed by atoms with Crippen molar-refractivity contribution in [2.45, 2.75) is 39.8 Å². The lowest BCUT2D eigenvalue weighted by Crippen LogP contribution is -2.37. The molecule has 0 aliphatic heterocycles. The first kappa shape index (κ1) is 17.9. The normalized spacial score (nSPS) is 10.9. The second-order valence-corrected chi connectivity index (χ2v) is 6.66. The number of amides is 1. The SMILES string of the molecule is Cc1ccc(CC(=O)N(Cc2nc(-c3ccccc3)no2)C(C)C)cc1. The van der Waals surface area contributed by atoms with E-state index in [1.54, 1.807) is 4.90 Å². The largest absolute Gasteiger partial charge is 0.337 e. The van der Waals surface area contributed by atoms with Crippen molar-refractivity contribution in [1.29, 1.82) is 0 Å². The molecule has 1 heterocycles. The van der Waals surface area contributed by atoms with Gasteiger partial charge in [-0.1, -0.05) is 65.3 Å². The summed E-state index contributed by atoms with van der Waals surface area (Å²) in [6.45, 7) is 6.32. The van der Waals surface area contributed by atoms with Gasteiger partial charge in [0.15, 0.2) is 0 Å². The fraction of sp³-hybridized carbons (Fsp3) is 0.286. The first-order valence-corrected chi connectivity index (χ1v) is 8.76. The molecule has 0 aliphatic carbocycles. The topological polar surface area (TPSA) is 59.2 Å². The maximum atomic E-state index is 12.8. The van der Waals surface area contributed by atoms with Gasteiger partial charge in [-0.25, -0.2) is 0 Å². The lowest BCUT2D eigenvalue weighted by Gasteiger charge is -2.25. The maximum absolute atomic E-state index is 12.8. The summed E-state index contributed by atoms with van der Waals surface area (Å²) < 4.78 is 5.36. The molecule has 0 saturated heterocycles. The molecule has 134 valence electrons. The van der Waals surface area contributed by atoms with Crippen LogP contribution >= 0.6 is 0 Å². The van der Waals surface area contributed by atoms with Crippen molar-refractivity contribution in [3.63, 3.8) is 0 Å². The third-order valence-electron chi connectivity index (χ3n) is 4.23. The summed E-state index contributed by atoms with van der Waals surface area (Å²) >= 11 is 0. The Labute approximate surface area is 153 Å². The van der Waals surface area contributed by atoms with Crippen LogP contribution < -0.4 is 0 Å². The average Bonchev–Trinajstić information content (AvgIpc) is 3.11. The van der Waals surface area contributed by atoms with Gasteiger partial charge in [-0.2, -0.15) is 4.98 Å². The molecule has 3 rings (SSSR count). The van der Waals surface area contributed by atoms with Crippen molar-refractivity contribution in [3.8, 4) is 11.4 Å². The molecule has 3 aromatic rings. The van der Waals surface area contributed by atoms with Crippen molar-refractivity contribution < 1.29 is 9.32 Å². The Hall–Kier alpha value is -2.95. The lowest BCUT2D eigenvalue weighted by atomic mass is 10.1. The molecule has 5 heteroatoms. The van der Waals surface area contributed by atoms with Crippen LogP contribution in [-0.2, 0) is 17.8 Å². The number of carbonyl (C=O) groups excluding carboxylic acids is 1. The molecule has 0 radical (unpaired) electrons. The van der Waals surface area contributed by atoms with Gasteiger partial charge in [-0.3, -0.25) is 4.79 Å². The van der Waals surface area contributed by atoms with Gasteiger partial charge in [0.05, 0.1) is 6.42 Å². The minimum atomic E-state index is 0.0417. The van der Waals surface area contributed by atoms with Crippen LogP contribution in [0.3, 0.4) is 0 Å². The monoisotopic (exact) mass is 349 g/mol. The first-order chi connectivity index (χ1) is 12.5. The van der Waals surface area contributed by atoms with Gasteiger partial charge < -0.3 is 9.42 Å². The van der Waals surface area contributed by atoms with Crippen molar-refractivity contribution >= 4 is 5.91 Å². The van der Waals surface area contributed by atoms with Gasteiger partial charge in [0.1, 0.15) is 6.54 Å². The average molecular weight is 349 g/mol. The predicted molar refractivity (Wildman–Crippen MR) is 100 cm³/mol. The zero-order chi connectivity index (χ0) is 18.5. The third-order valence-corrected chi connectivity index (χ3v) is 4.23. The van der Waals surface area contributed by atoms with E-state index >= 15 is 0 Å². The Kier molecular flexibility index (Phi) is 5.46. The Balaban J connectivity index is 1.71. The molecule has 5 nitrogen and oxygen atoms in total. The van der Waals surface area contributed by atoms with Gasteiger partial charge >= 0.3 is 0 Å². The molecule has 2 aromatic carbocycles. The standard InChI is InChI=1S/C21H23N3O2/c1-15(2)24(20(25)13-17-11-9-16(3)10-12-17)14-19-22-21(23-26-19)18-7-5-4-6-8-18/h4-12,15H,13-14H2,1-3H3. The van der Waals surface area contributed by atoms with E-state index in [2.05, 4.69) is 10.1 Å². The van der Waals surface area contributed by atoms with Crippen LogP contribution in [0, 0.1) is 6.92 Å². The highest BCUT2D eigenvalue weighted by Gasteiger charge is 2.21. The number of aryl methyl sites for hydroxylation is 1. The Morgan fingerprint density at radius 2 is 1.77 bits per heavy atom. The van der Waals surface area contributed by atoms with Gasteiger partial charge in [-0.05, 0) is 26.3 Å². The summed E-state index contributed by atoms with van der Waals surface area (Å²) in [4.78, 5) is 19.0. The number of hydrogen-bond donors (Lipinski definition) is 0. The maximum Gasteiger partial charge on any atom is 0.246 e. The van der Waals surface area contributed by atoms with E-state index in [-0.39, 0.29) is 11.9 Å². The molecule has 26 heavy (non-hydrogen) atoms. The number of hydrogen-bond acceptors (Lipinski definition) is 4. The molecule has 1 amide bonds. The van der Waals surface area contributed by atoms with E-state index < -0.39 is 0 Å². The first-order valence-electron chi connectivity index (χ1n) is 8.76. The van der Waals surface area contributed by atoms with Gasteiger partial charge in [0, 0.05) is 11.6 Å². The lowest BCUT2D eigenvalue weighted by molar-refractivity contribution is -0.133. The highest BCUT2D eigenvalue weighted by molar-refractivity contribution is 5.79. The van der Waals surface area contributed by atoms with Crippen LogP contribution in [0.15, 0.2) is 59.1 Å². The summed E-state index contributed by atoms with van der Waals surface area (Å²) in [5.41, 5.74) is 3.08. The molecule has 0 atom stereocenters.